The van der Waals surface area contributed by atoms with E-state index in [0.29, 0.717) is 0 Å². The predicted molar refractivity (Wildman–Crippen MR) is 75.2 cm³/mol. The van der Waals surface area contributed by atoms with Crippen LogP contribution in [0.3, 0.4) is 0 Å². The Kier molecular flexibility index (Phi) is 6.69. The van der Waals surface area contributed by atoms with E-state index in [1.165, 1.54) is 0 Å². The summed E-state index contributed by atoms with van der Waals surface area (Å²) in [5, 5.41) is 0. The van der Waals surface area contributed by atoms with Gasteiger partial charge in [0.15, 0.2) is 23.3 Å². The summed E-state index contributed by atoms with van der Waals surface area (Å²) in [6.07, 6.45) is -1.46. The second-order valence-electron chi connectivity index (χ2n) is 5.59. The van der Waals surface area contributed by atoms with Crippen LogP contribution in [-0.4, -0.2) is 25.8 Å². The normalized spacial score (nSPS) is 12.5. The van der Waals surface area contributed by atoms with Crippen LogP contribution in [0.25, 0.3) is 0 Å². The first-order chi connectivity index (χ1) is 10.5. The lowest BCUT2D eigenvalue weighted by molar-refractivity contribution is 0.0477. The van der Waals surface area contributed by atoms with Crippen molar-refractivity contribution in [3.8, 4) is 0 Å². The summed E-state index contributed by atoms with van der Waals surface area (Å²) in [6.45, 7) is 6.50. The molecule has 0 unspecified atom stereocenters. The molecule has 0 saturated carbocycles. The molecule has 0 bridgehead atoms. The van der Waals surface area contributed by atoms with Gasteiger partial charge in [0, 0.05) is 23.8 Å². The van der Waals surface area contributed by atoms with Crippen molar-refractivity contribution < 1.29 is 35.6 Å². The van der Waals surface area contributed by atoms with Crippen molar-refractivity contribution in [1.82, 2.24) is 0 Å². The SMILES string of the molecule is CC(C)O[Si](O)(CCc1c(F)c(F)c(F)c(F)c1F)OC(C)C. The van der Waals surface area contributed by atoms with Crippen LogP contribution in [0, 0.1) is 29.1 Å². The molecule has 0 saturated heterocycles. The first-order valence-corrected chi connectivity index (χ1v) is 9.04. The minimum atomic E-state index is -3.82. The molecule has 1 aromatic carbocycles. The Morgan fingerprint density at radius 2 is 1.13 bits per heavy atom. The molecule has 0 amide bonds. The van der Waals surface area contributed by atoms with Crippen molar-refractivity contribution in [2.45, 2.75) is 52.4 Å². The van der Waals surface area contributed by atoms with E-state index in [1.807, 2.05) is 0 Å². The standard InChI is InChI=1S/C14H19F5O3Si/c1-7(2)21-23(20,22-8(3)4)6-5-9-10(15)12(17)14(19)13(18)11(9)16/h7-8,20H,5-6H2,1-4H3. The van der Waals surface area contributed by atoms with E-state index < -0.39 is 62.1 Å². The molecule has 0 fully saturated rings. The minimum Gasteiger partial charge on any atom is -0.390 e. The molecule has 0 aliphatic carbocycles. The Balaban J connectivity index is 3.07. The van der Waals surface area contributed by atoms with Crippen LogP contribution in [-0.2, 0) is 15.3 Å². The van der Waals surface area contributed by atoms with Crippen molar-refractivity contribution in [3.63, 3.8) is 0 Å². The van der Waals surface area contributed by atoms with Crippen molar-refractivity contribution in [2.24, 2.45) is 0 Å². The fraction of sp³-hybridized carbons (Fsp3) is 0.571. The van der Waals surface area contributed by atoms with E-state index in [-0.39, 0.29) is 6.04 Å². The average molecular weight is 358 g/mol. The molecule has 0 radical (unpaired) electrons. The zero-order valence-corrected chi connectivity index (χ0v) is 14.2. The highest BCUT2D eigenvalue weighted by Crippen LogP contribution is 2.26. The molecule has 132 valence electrons. The molecule has 1 aromatic rings. The van der Waals surface area contributed by atoms with Gasteiger partial charge in [0.05, 0.1) is 0 Å². The lowest BCUT2D eigenvalue weighted by Gasteiger charge is -2.28. The number of halogens is 5. The van der Waals surface area contributed by atoms with Crippen molar-refractivity contribution in [2.75, 3.05) is 0 Å². The van der Waals surface area contributed by atoms with Crippen LogP contribution < -0.4 is 0 Å². The Bertz CT molecular complexity index is 527. The first kappa shape index (κ1) is 20.0. The minimum absolute atomic E-state index is 0.373. The third-order valence-corrected chi connectivity index (χ3v) is 5.39. The molecule has 1 rings (SSSR count). The lowest BCUT2D eigenvalue weighted by atomic mass is 10.1. The summed E-state index contributed by atoms with van der Waals surface area (Å²) in [5.41, 5.74) is -0.993. The van der Waals surface area contributed by atoms with Crippen LogP contribution in [0.15, 0.2) is 0 Å². The monoisotopic (exact) mass is 358 g/mol. The van der Waals surface area contributed by atoms with E-state index in [4.69, 9.17) is 8.85 Å². The fourth-order valence-corrected chi connectivity index (χ4v) is 4.37. The highest BCUT2D eigenvalue weighted by molar-refractivity contribution is 6.59. The van der Waals surface area contributed by atoms with E-state index in [1.54, 1.807) is 27.7 Å². The molecular formula is C14H19F5O3Si. The lowest BCUT2D eigenvalue weighted by Crippen LogP contribution is -2.46. The maximum absolute atomic E-state index is 13.6. The highest BCUT2D eigenvalue weighted by atomic mass is 28.4. The van der Waals surface area contributed by atoms with Crippen LogP contribution in [0.4, 0.5) is 22.0 Å². The van der Waals surface area contributed by atoms with Crippen LogP contribution in [0.5, 0.6) is 0 Å². The van der Waals surface area contributed by atoms with E-state index in [2.05, 4.69) is 0 Å². The van der Waals surface area contributed by atoms with Crippen LogP contribution in [0.2, 0.25) is 6.04 Å². The number of hydrogen-bond acceptors (Lipinski definition) is 3. The molecule has 0 aliphatic rings. The molecule has 0 heterocycles. The van der Waals surface area contributed by atoms with Gasteiger partial charge in [-0.2, -0.15) is 0 Å². The van der Waals surface area contributed by atoms with Gasteiger partial charge in [-0.1, -0.05) is 0 Å². The molecule has 0 aliphatic heterocycles. The van der Waals surface area contributed by atoms with E-state index in [0.717, 1.165) is 0 Å². The third-order valence-electron chi connectivity index (χ3n) is 2.83. The summed E-state index contributed by atoms with van der Waals surface area (Å²) in [5.74, 6) is -10.1. The largest absolute Gasteiger partial charge is 0.499 e. The van der Waals surface area contributed by atoms with Gasteiger partial charge in [0.2, 0.25) is 5.82 Å². The fourth-order valence-electron chi connectivity index (χ4n) is 2.04. The number of hydrogen-bond donors (Lipinski definition) is 1. The average Bonchev–Trinajstić information content (AvgIpc) is 2.41. The Hall–Kier alpha value is -1.03. The van der Waals surface area contributed by atoms with Gasteiger partial charge < -0.3 is 13.6 Å². The molecule has 0 aromatic heterocycles. The topological polar surface area (TPSA) is 38.7 Å². The molecule has 9 heteroatoms. The number of benzene rings is 1. The van der Waals surface area contributed by atoms with Gasteiger partial charge in [-0.15, -0.1) is 0 Å². The summed E-state index contributed by atoms with van der Waals surface area (Å²) in [4.78, 5) is 10.4. The Morgan fingerprint density at radius 3 is 1.48 bits per heavy atom. The summed E-state index contributed by atoms with van der Waals surface area (Å²) < 4.78 is 77.2. The van der Waals surface area contributed by atoms with Gasteiger partial charge in [-0.05, 0) is 34.1 Å². The Labute approximate surface area is 132 Å². The van der Waals surface area contributed by atoms with Crippen LogP contribution in [0.1, 0.15) is 33.3 Å². The van der Waals surface area contributed by atoms with Crippen molar-refractivity contribution in [3.05, 3.63) is 34.6 Å². The van der Waals surface area contributed by atoms with Gasteiger partial charge >= 0.3 is 8.80 Å². The zero-order valence-electron chi connectivity index (χ0n) is 13.2. The molecule has 23 heavy (non-hydrogen) atoms. The van der Waals surface area contributed by atoms with Crippen molar-refractivity contribution >= 4 is 8.80 Å². The molecule has 0 spiro atoms. The van der Waals surface area contributed by atoms with E-state index >= 15 is 0 Å². The predicted octanol–water partition coefficient (Wildman–Crippen LogP) is 3.71. The van der Waals surface area contributed by atoms with Gasteiger partial charge in [-0.3, -0.25) is 0 Å². The third kappa shape index (κ3) is 4.97. The summed E-state index contributed by atoms with van der Waals surface area (Å²) >= 11 is 0. The Morgan fingerprint density at radius 1 is 0.783 bits per heavy atom. The molecule has 0 atom stereocenters. The quantitative estimate of drug-likeness (QED) is 0.350. The summed E-state index contributed by atoms with van der Waals surface area (Å²) in [6, 6.07) is -0.373. The van der Waals surface area contributed by atoms with Crippen molar-refractivity contribution in [1.29, 1.82) is 0 Å². The van der Waals surface area contributed by atoms with Gasteiger partial charge in [-0.25, -0.2) is 22.0 Å². The first-order valence-electron chi connectivity index (χ1n) is 7.06. The van der Waals surface area contributed by atoms with Gasteiger partial charge in [0.1, 0.15) is 0 Å². The zero-order chi connectivity index (χ0) is 17.9. The molecular weight excluding hydrogens is 339 g/mol. The number of rotatable bonds is 7. The van der Waals surface area contributed by atoms with Crippen LogP contribution >= 0.6 is 0 Å². The highest BCUT2D eigenvalue weighted by Gasteiger charge is 2.40. The second kappa shape index (κ2) is 7.69. The summed E-state index contributed by atoms with van der Waals surface area (Å²) in [7, 11) is -3.82. The van der Waals surface area contributed by atoms with E-state index in [9.17, 15) is 26.7 Å². The maximum Gasteiger partial charge on any atom is 0.499 e. The smallest absolute Gasteiger partial charge is 0.390 e. The maximum atomic E-state index is 13.6. The molecule has 1 N–H and O–H groups in total. The second-order valence-corrected chi connectivity index (χ2v) is 7.99. The van der Waals surface area contributed by atoms with Gasteiger partial charge in [0.25, 0.3) is 0 Å². The molecule has 3 nitrogen and oxygen atoms in total.